The Hall–Kier alpha value is -9.81. The number of nitrogens with zero attached hydrogens (tertiary/aromatic N) is 12. The highest BCUT2D eigenvalue weighted by molar-refractivity contribution is 9.10. The van der Waals surface area contributed by atoms with E-state index in [0.29, 0.717) is 68.0 Å². The van der Waals surface area contributed by atoms with Crippen molar-refractivity contribution in [3.05, 3.63) is 218 Å². The predicted octanol–water partition coefficient (Wildman–Crippen LogP) is 17.0. The molecule has 0 aliphatic heterocycles. The van der Waals surface area contributed by atoms with Crippen molar-refractivity contribution in [1.82, 2.24) is 60.0 Å². The standard InChI is InChI=1S/C21H24ClN3O4S.C21H24FN3O4S.C20H22BrN3O4S.C19H19BrClN3O3S/c2*1-21(2,3)14-6-9-16(10-7-14)30(26,27)20-18(13-22)25(24-23-20)17-12-15(28-4)8-11-19(17)29-5;1-20(2,3)13-6-9-15(10-7-13)29(25,26)19-18(21)24(23-22-19)16-12-14(27-4)8-11-17(16)28-5;1-19(2,3)12-5-8-14(9-6-12)28(25,26)18-17(20)24(23-22-18)15-11-13(21)7-10-16(15)27-4/h2*6-12H,13H2,1-5H3;6-12H,1-5H3;5-11H,1-4H3. The van der Waals surface area contributed by atoms with Crippen LogP contribution in [0.15, 0.2) is 219 Å². The van der Waals surface area contributed by atoms with Crippen LogP contribution in [0.3, 0.4) is 0 Å². The Morgan fingerprint density at radius 1 is 0.333 bits per heavy atom. The number of aromatic nitrogens is 12. The average Bonchev–Trinajstić information content (AvgIpc) is 1.65. The molecule has 0 saturated heterocycles. The fourth-order valence-corrected chi connectivity index (χ4v) is 18.9. The van der Waals surface area contributed by atoms with Gasteiger partial charge in [-0.25, -0.2) is 56.8 Å². The Morgan fingerprint density at radius 3 is 0.838 bits per heavy atom. The smallest absolute Gasteiger partial charge is 0.228 e. The zero-order valence-corrected chi connectivity index (χ0v) is 75.5. The first-order valence-electron chi connectivity index (χ1n) is 35.6. The van der Waals surface area contributed by atoms with Gasteiger partial charge in [-0.1, -0.05) is 164 Å². The molecule has 0 saturated carbocycles. The number of alkyl halides is 2. The van der Waals surface area contributed by atoms with Crippen LogP contribution in [0.25, 0.3) is 22.7 Å². The molecule has 12 aromatic rings. The van der Waals surface area contributed by atoms with Gasteiger partial charge in [0, 0.05) is 23.2 Å². The Morgan fingerprint density at radius 2 is 0.573 bits per heavy atom. The van der Waals surface area contributed by atoms with Crippen LogP contribution in [-0.2, 0) is 73.6 Å². The van der Waals surface area contributed by atoms with E-state index in [1.807, 2.05) is 57.2 Å². The molecule has 0 aliphatic rings. The minimum atomic E-state index is -4.07. The number of rotatable bonds is 21. The lowest BCUT2D eigenvalue weighted by Gasteiger charge is -2.19. The van der Waals surface area contributed by atoms with Crippen molar-refractivity contribution in [2.24, 2.45) is 0 Å². The minimum absolute atomic E-state index is 0.0230. The predicted molar refractivity (Wildman–Crippen MR) is 448 cm³/mol. The second-order valence-electron chi connectivity index (χ2n) is 30.0. The van der Waals surface area contributed by atoms with Crippen LogP contribution in [0.1, 0.15) is 117 Å². The summed E-state index contributed by atoms with van der Waals surface area (Å²) in [5.74, 6) is 3.33. The highest BCUT2D eigenvalue weighted by atomic mass is 79.9. The molecule has 0 radical (unpaired) electrons. The normalized spacial score (nSPS) is 12.1. The van der Waals surface area contributed by atoms with Gasteiger partial charge >= 0.3 is 0 Å². The Labute approximate surface area is 707 Å². The first kappa shape index (κ1) is 91.1. The maximum Gasteiger partial charge on any atom is 0.228 e. The molecular weight excluding hydrogens is 1760 g/mol. The fraction of sp³-hybridized carbons (Fsp3) is 0.309. The van der Waals surface area contributed by atoms with Gasteiger partial charge in [-0.3, -0.25) is 0 Å². The SMILES string of the molecule is COc1ccc(Cl)cc1-n1nnc(S(=O)(=O)c2ccc(C(C)(C)C)cc2)c1Br.COc1ccc(OC)c(-n2nnc(S(=O)(=O)c3ccc(C(C)(C)C)cc3)c2Br)c1.COc1ccc(OC)c(-n2nnc(S(=O)(=O)c3ccc(C(C)(C)C)cc3)c2CCl)c1.COc1ccc(OC)c(-n2nnc(S(=O)(=O)c3ccc(C(C)(C)C)cc3)c2CF)c1. The molecule has 0 N–H and O–H groups in total. The fourth-order valence-electron chi connectivity index (χ4n) is 11.5. The molecule has 0 atom stereocenters. The molecule has 27 nitrogen and oxygen atoms in total. The van der Waals surface area contributed by atoms with Crippen LogP contribution in [0.5, 0.6) is 40.2 Å². The molecule has 36 heteroatoms. The first-order chi connectivity index (χ1) is 54.9. The summed E-state index contributed by atoms with van der Waals surface area (Å²) >= 11 is 18.9. The van der Waals surface area contributed by atoms with Gasteiger partial charge in [0.15, 0.2) is 0 Å². The van der Waals surface area contributed by atoms with Gasteiger partial charge in [-0.2, -0.15) is 0 Å². The third kappa shape index (κ3) is 20.0. The van der Waals surface area contributed by atoms with E-state index in [2.05, 4.69) is 135 Å². The van der Waals surface area contributed by atoms with Gasteiger partial charge in [0.05, 0.1) is 80.9 Å². The van der Waals surface area contributed by atoms with E-state index in [1.165, 1.54) is 68.8 Å². The lowest BCUT2D eigenvalue weighted by molar-refractivity contribution is 0.398. The third-order valence-corrected chi connectivity index (χ3v) is 27.5. The quantitative estimate of drug-likeness (QED) is 0.0603. The van der Waals surface area contributed by atoms with Gasteiger partial charge in [0.25, 0.3) is 0 Å². The van der Waals surface area contributed by atoms with Crippen molar-refractivity contribution >= 4 is 94.4 Å². The monoisotopic (exact) mass is 1840 g/mol. The molecular formula is C81H89Br2Cl2FN12O15S4. The number of sulfone groups is 4. The van der Waals surface area contributed by atoms with Crippen molar-refractivity contribution in [1.29, 1.82) is 0 Å². The molecule has 12 rings (SSSR count). The molecule has 117 heavy (non-hydrogen) atoms. The molecule has 8 aromatic carbocycles. The van der Waals surface area contributed by atoms with E-state index in [0.717, 1.165) is 26.9 Å². The summed E-state index contributed by atoms with van der Waals surface area (Å²) in [7, 11) is -5.18. The number of benzene rings is 8. The maximum atomic E-state index is 14.0. The average molecular weight is 1850 g/mol. The molecule has 0 spiro atoms. The van der Waals surface area contributed by atoms with Crippen LogP contribution in [0.4, 0.5) is 4.39 Å². The van der Waals surface area contributed by atoms with Crippen LogP contribution >= 0.6 is 55.1 Å². The zero-order valence-electron chi connectivity index (χ0n) is 67.6. The Bertz CT molecular complexity index is 5840. The van der Waals surface area contributed by atoms with Crippen molar-refractivity contribution < 1.29 is 71.2 Å². The Balaban J connectivity index is 0.000000178. The number of hydrogen-bond acceptors (Lipinski definition) is 23. The maximum absolute atomic E-state index is 14.0. The zero-order chi connectivity index (χ0) is 86.3. The largest absolute Gasteiger partial charge is 0.497 e. The van der Waals surface area contributed by atoms with E-state index in [-0.39, 0.29) is 82.8 Å². The van der Waals surface area contributed by atoms with Crippen LogP contribution < -0.4 is 33.2 Å². The molecule has 0 fully saturated rings. The second-order valence-corrected chi connectivity index (χ2v) is 39.7. The lowest BCUT2D eigenvalue weighted by atomic mass is 9.87. The van der Waals surface area contributed by atoms with E-state index >= 15 is 0 Å². The van der Waals surface area contributed by atoms with Gasteiger partial charge in [0.2, 0.25) is 59.5 Å². The van der Waals surface area contributed by atoms with Gasteiger partial charge in [-0.15, -0.1) is 32.0 Å². The Kier molecular flexibility index (Phi) is 28.5. The number of halogens is 5. The summed E-state index contributed by atoms with van der Waals surface area (Å²) in [5, 5.41) is 31.0. The summed E-state index contributed by atoms with van der Waals surface area (Å²) in [6.07, 6.45) is 0. The second kappa shape index (κ2) is 36.6. The van der Waals surface area contributed by atoms with Crippen molar-refractivity contribution in [3.63, 3.8) is 0 Å². The minimum Gasteiger partial charge on any atom is -0.497 e. The highest BCUT2D eigenvalue weighted by Crippen LogP contribution is 2.40. The molecule has 0 aliphatic carbocycles. The summed E-state index contributed by atoms with van der Waals surface area (Å²) < 4.78 is 162. The topological polar surface area (TPSA) is 324 Å². The highest BCUT2D eigenvalue weighted by Gasteiger charge is 2.34. The van der Waals surface area contributed by atoms with Crippen molar-refractivity contribution in [2.45, 2.75) is 157 Å². The first-order valence-corrected chi connectivity index (χ1v) is 44.0. The van der Waals surface area contributed by atoms with Crippen LogP contribution in [0, 0.1) is 0 Å². The summed E-state index contributed by atoms with van der Waals surface area (Å²) in [4.78, 5) is 0.448. The summed E-state index contributed by atoms with van der Waals surface area (Å²) in [6, 6.07) is 47.0. The number of methoxy groups -OCH3 is 7. The number of hydrogen-bond donors (Lipinski definition) is 0. The summed E-state index contributed by atoms with van der Waals surface area (Å²) in [5.41, 5.74) is 5.54. The molecule has 4 aromatic heterocycles. The van der Waals surface area contributed by atoms with Crippen LogP contribution in [0.2, 0.25) is 5.02 Å². The third-order valence-electron chi connectivity index (χ3n) is 18.2. The van der Waals surface area contributed by atoms with E-state index in [9.17, 15) is 38.1 Å². The van der Waals surface area contributed by atoms with Crippen molar-refractivity contribution in [3.8, 4) is 63.0 Å². The van der Waals surface area contributed by atoms with Crippen molar-refractivity contribution in [2.75, 3.05) is 49.8 Å². The molecule has 0 amide bonds. The summed E-state index contributed by atoms with van der Waals surface area (Å²) in [6.45, 7) is 23.6. The molecule has 0 bridgehead atoms. The van der Waals surface area contributed by atoms with Gasteiger partial charge in [-0.05, 0) is 179 Å². The number of ether oxygens (including phenoxy) is 7. The molecule has 622 valence electrons. The van der Waals surface area contributed by atoms with E-state index < -0.39 is 51.0 Å². The van der Waals surface area contributed by atoms with Crippen LogP contribution in [-0.4, -0.2) is 143 Å². The van der Waals surface area contributed by atoms with Gasteiger partial charge in [0.1, 0.15) is 84.6 Å². The van der Waals surface area contributed by atoms with Gasteiger partial charge < -0.3 is 33.2 Å². The lowest BCUT2D eigenvalue weighted by Crippen LogP contribution is -2.12. The molecule has 4 heterocycles. The van der Waals surface area contributed by atoms with E-state index in [1.54, 1.807) is 128 Å². The molecule has 0 unspecified atom stereocenters. The van der Waals surface area contributed by atoms with E-state index in [4.69, 9.17) is 56.4 Å².